The number of aldehydes is 1. The fourth-order valence-electron chi connectivity index (χ4n) is 6.66. The van der Waals surface area contributed by atoms with Crippen LogP contribution in [0.15, 0.2) is 47.7 Å². The van der Waals surface area contributed by atoms with Gasteiger partial charge in [-0.2, -0.15) is 0 Å². The summed E-state index contributed by atoms with van der Waals surface area (Å²) in [7, 11) is 3.21. The maximum absolute atomic E-state index is 13.8. The highest BCUT2D eigenvalue weighted by atomic mass is 16.3. The Bertz CT molecular complexity index is 1430. The van der Waals surface area contributed by atoms with Crippen LogP contribution in [0.2, 0.25) is 0 Å². The summed E-state index contributed by atoms with van der Waals surface area (Å²) in [6.45, 7) is 0. The van der Waals surface area contributed by atoms with E-state index in [1.165, 1.54) is 6.07 Å². The molecule has 1 amide bonds. The number of likely N-dealkylation sites (N-methyl/N-ethyl adjacent to an activating group) is 1. The van der Waals surface area contributed by atoms with Gasteiger partial charge in [0.15, 0.2) is 17.2 Å². The molecular weight excluding hydrogens is 492 g/mol. The maximum atomic E-state index is 13.8. The van der Waals surface area contributed by atoms with Crippen molar-refractivity contribution >= 4 is 23.8 Å². The molecule has 6 N–H and O–H groups in total. The molecule has 0 radical (unpaired) electrons. The van der Waals surface area contributed by atoms with Gasteiger partial charge in [0.2, 0.25) is 5.91 Å². The van der Waals surface area contributed by atoms with Crippen LogP contribution in [0.25, 0.3) is 11.1 Å². The zero-order valence-electron chi connectivity index (χ0n) is 20.8. The van der Waals surface area contributed by atoms with Gasteiger partial charge in [0.25, 0.3) is 0 Å². The molecule has 198 valence electrons. The second-order valence-corrected chi connectivity index (χ2v) is 10.5. The summed E-state index contributed by atoms with van der Waals surface area (Å²) >= 11 is 0. The predicted octanol–water partition coefficient (Wildman–Crippen LogP) is 0.765. The Hall–Kier alpha value is -3.86. The van der Waals surface area contributed by atoms with Gasteiger partial charge in [-0.15, -0.1) is 0 Å². The number of nitrogens with two attached hydrogens (primary N) is 1. The maximum Gasteiger partial charge on any atom is 0.230 e. The van der Waals surface area contributed by atoms with Crippen LogP contribution in [0.5, 0.6) is 5.75 Å². The molecule has 5 rings (SSSR count). The zero-order chi connectivity index (χ0) is 27.7. The molecule has 1 saturated carbocycles. The second-order valence-electron chi connectivity index (χ2n) is 10.5. The molecule has 10 heteroatoms. The van der Waals surface area contributed by atoms with Crippen molar-refractivity contribution in [2.45, 2.75) is 30.6 Å². The van der Waals surface area contributed by atoms with Crippen molar-refractivity contribution in [2.75, 3.05) is 14.1 Å². The Morgan fingerprint density at radius 1 is 1.16 bits per heavy atom. The molecule has 2 aromatic rings. The topological polar surface area (TPSA) is 178 Å². The molecule has 6 atom stereocenters. The number of rotatable bonds is 4. The first kappa shape index (κ1) is 25.8. The molecule has 0 aliphatic heterocycles. The number of fused-ring (bicyclic) bond motifs is 3. The number of ketones is 2. The minimum atomic E-state index is -2.63. The third kappa shape index (κ3) is 3.44. The summed E-state index contributed by atoms with van der Waals surface area (Å²) in [4.78, 5) is 52.2. The number of carbonyl (C=O) groups is 4. The Balaban J connectivity index is 1.71. The first-order valence-corrected chi connectivity index (χ1v) is 12.2. The van der Waals surface area contributed by atoms with Crippen molar-refractivity contribution < 1.29 is 39.6 Å². The third-order valence-corrected chi connectivity index (χ3v) is 8.31. The summed E-state index contributed by atoms with van der Waals surface area (Å²) in [5, 5.41) is 44.7. The van der Waals surface area contributed by atoms with Gasteiger partial charge >= 0.3 is 0 Å². The van der Waals surface area contributed by atoms with Crippen LogP contribution in [0, 0.1) is 17.8 Å². The molecule has 0 bridgehead atoms. The van der Waals surface area contributed by atoms with E-state index in [2.05, 4.69) is 0 Å². The molecule has 3 aliphatic rings. The Morgan fingerprint density at radius 2 is 1.87 bits per heavy atom. The van der Waals surface area contributed by atoms with Gasteiger partial charge in [0.05, 0.1) is 11.7 Å². The first-order valence-electron chi connectivity index (χ1n) is 12.2. The third-order valence-electron chi connectivity index (χ3n) is 8.31. The number of hydrogen-bond acceptors (Lipinski definition) is 9. The highest BCUT2D eigenvalue weighted by Gasteiger charge is 2.66. The van der Waals surface area contributed by atoms with Crippen molar-refractivity contribution in [1.82, 2.24) is 4.90 Å². The van der Waals surface area contributed by atoms with E-state index in [4.69, 9.17) is 5.73 Å². The molecule has 0 saturated heterocycles. The number of primary amides is 1. The van der Waals surface area contributed by atoms with Crippen LogP contribution in [-0.2, 0) is 16.0 Å². The summed E-state index contributed by atoms with van der Waals surface area (Å²) in [5.74, 6) is -7.79. The van der Waals surface area contributed by atoms with Gasteiger partial charge in [-0.3, -0.25) is 19.2 Å². The molecule has 2 unspecified atom stereocenters. The quantitative estimate of drug-likeness (QED) is 0.287. The molecule has 2 aromatic carbocycles. The van der Waals surface area contributed by atoms with Crippen molar-refractivity contribution in [3.05, 3.63) is 64.4 Å². The van der Waals surface area contributed by atoms with E-state index in [0.717, 1.165) is 0 Å². The van der Waals surface area contributed by atoms with Crippen LogP contribution in [-0.4, -0.2) is 80.9 Å². The number of nitrogens with zero attached hydrogens (tertiary/aromatic N) is 1. The van der Waals surface area contributed by atoms with E-state index in [-0.39, 0.29) is 29.7 Å². The lowest BCUT2D eigenvalue weighted by Crippen LogP contribution is -2.71. The SMILES string of the molecule is CN(C)[C@@H]1C(O)C(C(N)=O)C(=O)[C@@]2(O)C(O)=C3C(=O)c4c(O)ccc(-c5cccc(C=O)c5)c4C[C@H]3C[C@@H]12. The molecule has 38 heavy (non-hydrogen) atoms. The number of aromatic hydroxyl groups is 1. The van der Waals surface area contributed by atoms with Crippen LogP contribution in [0.4, 0.5) is 0 Å². The van der Waals surface area contributed by atoms with Gasteiger partial charge in [-0.1, -0.05) is 24.3 Å². The molecular formula is C28H28N2O8. The number of phenolic OH excluding ortho intramolecular Hbond substituents is 1. The van der Waals surface area contributed by atoms with E-state index in [1.54, 1.807) is 49.3 Å². The van der Waals surface area contributed by atoms with E-state index < -0.39 is 58.7 Å². The lowest BCUT2D eigenvalue weighted by molar-refractivity contribution is -0.178. The highest BCUT2D eigenvalue weighted by Crippen LogP contribution is 2.53. The Morgan fingerprint density at radius 3 is 2.50 bits per heavy atom. The smallest absolute Gasteiger partial charge is 0.230 e. The van der Waals surface area contributed by atoms with Gasteiger partial charge in [-0.25, -0.2) is 0 Å². The van der Waals surface area contributed by atoms with Crippen molar-refractivity contribution in [1.29, 1.82) is 0 Å². The summed E-state index contributed by atoms with van der Waals surface area (Å²) < 4.78 is 0. The number of carbonyl (C=O) groups excluding carboxylic acids is 4. The van der Waals surface area contributed by atoms with E-state index in [0.29, 0.717) is 28.5 Å². The summed E-state index contributed by atoms with van der Waals surface area (Å²) in [5.41, 5.74) is 4.70. The average Bonchev–Trinajstić information content (AvgIpc) is 2.86. The number of benzene rings is 2. The Labute approximate surface area is 218 Å². The van der Waals surface area contributed by atoms with Crippen LogP contribution >= 0.6 is 0 Å². The molecule has 1 fully saturated rings. The minimum Gasteiger partial charge on any atom is -0.508 e. The molecule has 0 aromatic heterocycles. The van der Waals surface area contributed by atoms with E-state index in [1.807, 2.05) is 0 Å². The van der Waals surface area contributed by atoms with Gasteiger partial charge in [-0.05, 0) is 61.7 Å². The van der Waals surface area contributed by atoms with Gasteiger partial charge in [0, 0.05) is 23.1 Å². The first-order chi connectivity index (χ1) is 17.9. The van der Waals surface area contributed by atoms with Crippen molar-refractivity contribution in [2.24, 2.45) is 23.5 Å². The number of amides is 1. The van der Waals surface area contributed by atoms with Crippen molar-refractivity contribution in [3.8, 4) is 16.9 Å². The molecule has 0 spiro atoms. The van der Waals surface area contributed by atoms with E-state index >= 15 is 0 Å². The standard InChI is InChI=1S/C28H28N2O8/c1-30(2)22-17-10-14-9-16-15(13-5-3-4-12(8-13)11-31)6-7-18(32)20(16)23(33)19(14)25(35)28(17,38)26(36)21(24(22)34)27(29)37/h3-8,11,14,17,21-22,24,32,34-35,38H,9-10H2,1-2H3,(H2,29,37)/t14-,17-,21?,22-,24?,28-/m0/s1. The van der Waals surface area contributed by atoms with Gasteiger partial charge < -0.3 is 31.1 Å². The van der Waals surface area contributed by atoms with Crippen LogP contribution in [0.3, 0.4) is 0 Å². The monoisotopic (exact) mass is 520 g/mol. The number of phenols is 1. The number of hydrogen-bond donors (Lipinski definition) is 5. The summed E-state index contributed by atoms with van der Waals surface area (Å²) in [6, 6.07) is 8.82. The molecule has 3 aliphatic carbocycles. The predicted molar refractivity (Wildman–Crippen MR) is 134 cm³/mol. The molecule has 10 nitrogen and oxygen atoms in total. The number of allylic oxidation sites excluding steroid dienone is 1. The second kappa shape index (κ2) is 8.87. The van der Waals surface area contributed by atoms with Crippen LogP contribution in [0.1, 0.15) is 32.7 Å². The fraction of sp³-hybridized carbons (Fsp3) is 0.357. The average molecular weight is 521 g/mol. The van der Waals surface area contributed by atoms with Crippen molar-refractivity contribution in [3.63, 3.8) is 0 Å². The lowest BCUT2D eigenvalue weighted by atomic mass is 9.55. The van der Waals surface area contributed by atoms with Gasteiger partial charge in [0.1, 0.15) is 23.7 Å². The normalized spacial score (nSPS) is 30.5. The summed E-state index contributed by atoms with van der Waals surface area (Å²) in [6.07, 6.45) is -0.631. The number of Topliss-reactive ketones (excluding diaryl/α,β-unsaturated/α-hetero) is 2. The highest BCUT2D eigenvalue weighted by molar-refractivity contribution is 6.16. The number of aliphatic hydroxyl groups is 3. The zero-order valence-corrected chi connectivity index (χ0v) is 20.8. The lowest BCUT2D eigenvalue weighted by Gasteiger charge is -2.53. The minimum absolute atomic E-state index is 0.0294. The number of aliphatic hydroxyl groups excluding tert-OH is 2. The molecule has 0 heterocycles. The fourth-order valence-corrected chi connectivity index (χ4v) is 6.66. The largest absolute Gasteiger partial charge is 0.508 e. The van der Waals surface area contributed by atoms with Crippen LogP contribution < -0.4 is 5.73 Å². The Kier molecular flexibility index (Phi) is 6.01. The van der Waals surface area contributed by atoms with E-state index in [9.17, 15) is 39.6 Å².